The van der Waals surface area contributed by atoms with Crippen molar-refractivity contribution in [2.75, 3.05) is 13.1 Å². The fourth-order valence-electron chi connectivity index (χ4n) is 3.82. The van der Waals surface area contributed by atoms with Gasteiger partial charge in [0.2, 0.25) is 5.91 Å². The SMILES string of the molecule is C[C@@H]1[C@H](C(=O)NCCn2c(=O)[nH]c3ccccc32)CCCN1C(=O)OC(C)(C)C. The highest BCUT2D eigenvalue weighted by Gasteiger charge is 2.37. The van der Waals surface area contributed by atoms with Gasteiger partial charge in [0, 0.05) is 25.7 Å². The van der Waals surface area contributed by atoms with Crippen molar-refractivity contribution in [3.63, 3.8) is 0 Å². The van der Waals surface area contributed by atoms with E-state index in [1.54, 1.807) is 9.47 Å². The largest absolute Gasteiger partial charge is 0.444 e. The van der Waals surface area contributed by atoms with E-state index in [1.807, 2.05) is 52.0 Å². The molecule has 0 unspecified atom stereocenters. The van der Waals surface area contributed by atoms with Crippen LogP contribution in [0.2, 0.25) is 0 Å². The Morgan fingerprint density at radius 1 is 1.28 bits per heavy atom. The molecule has 2 N–H and O–H groups in total. The van der Waals surface area contributed by atoms with E-state index in [-0.39, 0.29) is 29.6 Å². The third-order valence-electron chi connectivity index (χ3n) is 5.27. The molecule has 0 spiro atoms. The van der Waals surface area contributed by atoms with Crippen LogP contribution >= 0.6 is 0 Å². The molecule has 2 amide bonds. The number of fused-ring (bicyclic) bond motifs is 1. The lowest BCUT2D eigenvalue weighted by molar-refractivity contribution is -0.128. The number of carbonyl (C=O) groups excluding carboxylic acids is 2. The second kappa shape index (κ2) is 8.31. The average Bonchev–Trinajstić information content (AvgIpc) is 2.96. The summed E-state index contributed by atoms with van der Waals surface area (Å²) in [6.07, 6.45) is 1.09. The number of aromatic nitrogens is 2. The number of carbonyl (C=O) groups is 2. The Bertz CT molecular complexity index is 940. The number of piperidine rings is 1. The Hall–Kier alpha value is -2.77. The average molecular weight is 402 g/mol. The lowest BCUT2D eigenvalue weighted by Gasteiger charge is -2.39. The molecule has 158 valence electrons. The van der Waals surface area contributed by atoms with Crippen LogP contribution in [-0.2, 0) is 16.1 Å². The number of nitrogens with one attached hydrogen (secondary N) is 2. The number of hydrogen-bond donors (Lipinski definition) is 2. The molecule has 1 saturated heterocycles. The summed E-state index contributed by atoms with van der Waals surface area (Å²) < 4.78 is 7.09. The van der Waals surface area contributed by atoms with E-state index in [0.29, 0.717) is 19.6 Å². The molecule has 0 radical (unpaired) electrons. The Balaban J connectivity index is 1.59. The van der Waals surface area contributed by atoms with Crippen molar-refractivity contribution in [1.82, 2.24) is 19.8 Å². The van der Waals surface area contributed by atoms with Crippen LogP contribution in [0, 0.1) is 5.92 Å². The summed E-state index contributed by atoms with van der Waals surface area (Å²) in [5.74, 6) is -0.394. The van der Waals surface area contributed by atoms with Crippen molar-refractivity contribution in [3.05, 3.63) is 34.7 Å². The van der Waals surface area contributed by atoms with Crippen molar-refractivity contribution in [2.45, 2.75) is 58.7 Å². The second-order valence-electron chi connectivity index (χ2n) is 8.55. The molecule has 1 aromatic carbocycles. The van der Waals surface area contributed by atoms with E-state index in [0.717, 1.165) is 23.9 Å². The highest BCUT2D eigenvalue weighted by atomic mass is 16.6. The van der Waals surface area contributed by atoms with Crippen molar-refractivity contribution in [3.8, 4) is 0 Å². The molecule has 8 nitrogen and oxygen atoms in total. The van der Waals surface area contributed by atoms with Gasteiger partial charge in [0.15, 0.2) is 0 Å². The first-order chi connectivity index (χ1) is 13.7. The molecule has 2 heterocycles. The van der Waals surface area contributed by atoms with Gasteiger partial charge in [-0.3, -0.25) is 9.36 Å². The molecule has 0 aliphatic carbocycles. The molecule has 2 atom stereocenters. The van der Waals surface area contributed by atoms with Crippen LogP contribution < -0.4 is 11.0 Å². The highest BCUT2D eigenvalue weighted by Crippen LogP contribution is 2.25. The lowest BCUT2D eigenvalue weighted by Crippen LogP contribution is -2.52. The number of ether oxygens (including phenoxy) is 1. The van der Waals surface area contributed by atoms with Crippen molar-refractivity contribution in [1.29, 1.82) is 0 Å². The minimum absolute atomic E-state index is 0.0985. The van der Waals surface area contributed by atoms with Crippen LogP contribution in [-0.4, -0.2) is 51.2 Å². The van der Waals surface area contributed by atoms with Crippen LogP contribution in [0.4, 0.5) is 4.79 Å². The van der Waals surface area contributed by atoms with E-state index in [9.17, 15) is 14.4 Å². The summed E-state index contributed by atoms with van der Waals surface area (Å²) in [6, 6.07) is 7.22. The molecular weight excluding hydrogens is 372 g/mol. The molecule has 3 rings (SSSR count). The number of nitrogens with zero attached hydrogens (tertiary/aromatic N) is 2. The quantitative estimate of drug-likeness (QED) is 0.821. The summed E-state index contributed by atoms with van der Waals surface area (Å²) in [4.78, 5) is 41.8. The molecule has 1 aliphatic rings. The van der Waals surface area contributed by atoms with Gasteiger partial charge in [-0.05, 0) is 52.7 Å². The molecular formula is C21H30N4O4. The van der Waals surface area contributed by atoms with Crippen LogP contribution in [0.15, 0.2) is 29.1 Å². The first-order valence-corrected chi connectivity index (χ1v) is 10.1. The number of rotatable bonds is 4. The molecule has 0 saturated carbocycles. The Kier molecular flexibility index (Phi) is 6.00. The number of para-hydroxylation sites is 2. The van der Waals surface area contributed by atoms with Crippen LogP contribution in [0.3, 0.4) is 0 Å². The lowest BCUT2D eigenvalue weighted by atomic mass is 9.89. The predicted molar refractivity (Wildman–Crippen MR) is 111 cm³/mol. The van der Waals surface area contributed by atoms with E-state index < -0.39 is 5.60 Å². The maximum Gasteiger partial charge on any atom is 0.410 e. The summed E-state index contributed by atoms with van der Waals surface area (Å²) >= 11 is 0. The van der Waals surface area contributed by atoms with E-state index in [4.69, 9.17) is 4.74 Å². The van der Waals surface area contributed by atoms with E-state index >= 15 is 0 Å². The minimum Gasteiger partial charge on any atom is -0.444 e. The molecule has 8 heteroatoms. The van der Waals surface area contributed by atoms with Crippen molar-refractivity contribution < 1.29 is 14.3 Å². The van der Waals surface area contributed by atoms with Gasteiger partial charge in [0.05, 0.1) is 17.0 Å². The normalized spacial score (nSPS) is 19.9. The number of likely N-dealkylation sites (tertiary alicyclic amines) is 1. The van der Waals surface area contributed by atoms with Gasteiger partial charge in [-0.2, -0.15) is 0 Å². The summed E-state index contributed by atoms with van der Waals surface area (Å²) in [5.41, 5.74) is 0.827. The molecule has 2 aromatic rings. The zero-order chi connectivity index (χ0) is 21.2. The molecule has 1 fully saturated rings. The maximum atomic E-state index is 12.8. The maximum absolute atomic E-state index is 12.8. The number of aromatic amines is 1. The van der Waals surface area contributed by atoms with Gasteiger partial charge in [0.1, 0.15) is 5.60 Å². The number of benzene rings is 1. The monoisotopic (exact) mass is 402 g/mol. The highest BCUT2D eigenvalue weighted by molar-refractivity contribution is 5.80. The van der Waals surface area contributed by atoms with Crippen LogP contribution in [0.25, 0.3) is 11.0 Å². The van der Waals surface area contributed by atoms with E-state index in [1.165, 1.54) is 0 Å². The van der Waals surface area contributed by atoms with Gasteiger partial charge in [-0.15, -0.1) is 0 Å². The fourth-order valence-corrected chi connectivity index (χ4v) is 3.82. The first kappa shape index (κ1) is 21.0. The summed E-state index contributed by atoms with van der Waals surface area (Å²) in [7, 11) is 0. The fraction of sp³-hybridized carbons (Fsp3) is 0.571. The molecule has 1 aromatic heterocycles. The zero-order valence-electron chi connectivity index (χ0n) is 17.5. The first-order valence-electron chi connectivity index (χ1n) is 10.1. The van der Waals surface area contributed by atoms with Gasteiger partial charge >= 0.3 is 11.8 Å². The summed E-state index contributed by atoms with van der Waals surface area (Å²) in [5, 5.41) is 2.93. The van der Waals surface area contributed by atoms with Gasteiger partial charge < -0.3 is 19.9 Å². The number of imidazole rings is 1. The number of hydrogen-bond acceptors (Lipinski definition) is 4. The Morgan fingerprint density at radius 2 is 2.00 bits per heavy atom. The Labute approximate surface area is 170 Å². The molecule has 29 heavy (non-hydrogen) atoms. The number of amides is 2. The van der Waals surface area contributed by atoms with Crippen molar-refractivity contribution in [2.24, 2.45) is 5.92 Å². The third-order valence-corrected chi connectivity index (χ3v) is 5.27. The smallest absolute Gasteiger partial charge is 0.410 e. The van der Waals surface area contributed by atoms with Crippen LogP contribution in [0.1, 0.15) is 40.5 Å². The zero-order valence-corrected chi connectivity index (χ0v) is 17.5. The minimum atomic E-state index is -0.571. The Morgan fingerprint density at radius 3 is 2.72 bits per heavy atom. The van der Waals surface area contributed by atoms with Crippen LogP contribution in [0.5, 0.6) is 0 Å². The van der Waals surface area contributed by atoms with Crippen molar-refractivity contribution >= 4 is 23.0 Å². The third kappa shape index (κ3) is 4.81. The predicted octanol–water partition coefficient (Wildman–Crippen LogP) is 2.48. The summed E-state index contributed by atoms with van der Waals surface area (Å²) in [6.45, 7) is 8.69. The number of H-pyrrole nitrogens is 1. The van der Waals surface area contributed by atoms with Gasteiger partial charge in [0.25, 0.3) is 0 Å². The van der Waals surface area contributed by atoms with E-state index in [2.05, 4.69) is 10.3 Å². The second-order valence-corrected chi connectivity index (χ2v) is 8.55. The molecule has 1 aliphatic heterocycles. The van der Waals surface area contributed by atoms with Gasteiger partial charge in [-0.25, -0.2) is 9.59 Å². The standard InChI is InChI=1S/C21H30N4O4/c1-14-15(8-7-12-24(14)20(28)29-21(2,3)4)18(26)22-11-13-25-17-10-6-5-9-16(17)23-19(25)27/h5-6,9-10,14-15H,7-8,11-13H2,1-4H3,(H,22,26)(H,23,27)/t14-,15-/m1/s1. The molecule has 0 bridgehead atoms. The van der Waals surface area contributed by atoms with Gasteiger partial charge in [-0.1, -0.05) is 12.1 Å². The topological polar surface area (TPSA) is 96.4 Å².